The third kappa shape index (κ3) is 2.42. The molecule has 0 aliphatic heterocycles. The highest BCUT2D eigenvalue weighted by atomic mass is 79.9. The van der Waals surface area contributed by atoms with Gasteiger partial charge in [-0.05, 0) is 57.8 Å². The first-order valence-corrected chi connectivity index (χ1v) is 9.51. The molecule has 0 aromatic heterocycles. The first-order chi connectivity index (χ1) is 13.2. The average Bonchev–Trinajstić information content (AvgIpc) is 2.99. The van der Waals surface area contributed by atoms with E-state index >= 15 is 0 Å². The SMILES string of the molecule is COc1ccc(-c2c3c(cc4ccc(Br)cc24)C(=O)c2ccccc2-3)cc1. The van der Waals surface area contributed by atoms with Gasteiger partial charge in [-0.3, -0.25) is 4.79 Å². The van der Waals surface area contributed by atoms with Crippen LogP contribution in [0.4, 0.5) is 0 Å². The van der Waals surface area contributed by atoms with E-state index in [9.17, 15) is 4.79 Å². The number of methoxy groups -OCH3 is 1. The Kier molecular flexibility index (Phi) is 3.66. The molecule has 0 saturated carbocycles. The van der Waals surface area contributed by atoms with E-state index in [1.807, 2.05) is 48.5 Å². The van der Waals surface area contributed by atoms with Crippen molar-refractivity contribution in [3.8, 4) is 28.0 Å². The molecule has 4 aromatic rings. The summed E-state index contributed by atoms with van der Waals surface area (Å²) in [4.78, 5) is 13.1. The third-order valence-electron chi connectivity index (χ3n) is 5.17. The van der Waals surface area contributed by atoms with Crippen LogP contribution in [-0.2, 0) is 0 Å². The van der Waals surface area contributed by atoms with Gasteiger partial charge in [0.1, 0.15) is 5.75 Å². The van der Waals surface area contributed by atoms with Gasteiger partial charge in [0, 0.05) is 21.2 Å². The number of hydrogen-bond donors (Lipinski definition) is 0. The molecule has 4 aromatic carbocycles. The van der Waals surface area contributed by atoms with Crippen molar-refractivity contribution in [1.29, 1.82) is 0 Å². The molecule has 2 nitrogen and oxygen atoms in total. The summed E-state index contributed by atoms with van der Waals surface area (Å²) in [7, 11) is 1.66. The Morgan fingerprint density at radius 2 is 1.52 bits per heavy atom. The van der Waals surface area contributed by atoms with Gasteiger partial charge in [-0.2, -0.15) is 0 Å². The largest absolute Gasteiger partial charge is 0.497 e. The maximum Gasteiger partial charge on any atom is 0.194 e. The lowest BCUT2D eigenvalue weighted by molar-refractivity contribution is 0.104. The van der Waals surface area contributed by atoms with Gasteiger partial charge in [-0.15, -0.1) is 0 Å². The van der Waals surface area contributed by atoms with Crippen LogP contribution in [0.3, 0.4) is 0 Å². The topological polar surface area (TPSA) is 26.3 Å². The molecule has 130 valence electrons. The highest BCUT2D eigenvalue weighted by molar-refractivity contribution is 9.10. The van der Waals surface area contributed by atoms with Crippen LogP contribution < -0.4 is 4.74 Å². The maximum atomic E-state index is 13.1. The van der Waals surface area contributed by atoms with Crippen LogP contribution in [0, 0.1) is 0 Å². The molecule has 3 heteroatoms. The molecule has 0 bridgehead atoms. The average molecular weight is 415 g/mol. The molecular formula is C24H15BrO2. The van der Waals surface area contributed by atoms with Crippen molar-refractivity contribution in [2.45, 2.75) is 0 Å². The number of ketones is 1. The zero-order chi connectivity index (χ0) is 18.5. The number of rotatable bonds is 2. The number of carbonyl (C=O) groups excluding carboxylic acids is 1. The minimum Gasteiger partial charge on any atom is -0.497 e. The van der Waals surface area contributed by atoms with Gasteiger partial charge in [-0.1, -0.05) is 58.4 Å². The Morgan fingerprint density at radius 1 is 0.778 bits per heavy atom. The first kappa shape index (κ1) is 16.3. The second kappa shape index (κ2) is 6.07. The molecule has 1 aliphatic carbocycles. The molecule has 0 N–H and O–H groups in total. The molecule has 0 saturated heterocycles. The Hall–Kier alpha value is -2.91. The lowest BCUT2D eigenvalue weighted by atomic mass is 9.89. The molecular weight excluding hydrogens is 400 g/mol. The van der Waals surface area contributed by atoms with Crippen LogP contribution in [0.5, 0.6) is 5.75 Å². The number of ether oxygens (including phenoxy) is 1. The van der Waals surface area contributed by atoms with Crippen molar-refractivity contribution in [1.82, 2.24) is 0 Å². The summed E-state index contributed by atoms with van der Waals surface area (Å²) < 4.78 is 6.33. The monoisotopic (exact) mass is 414 g/mol. The zero-order valence-corrected chi connectivity index (χ0v) is 16.2. The number of halogens is 1. The van der Waals surface area contributed by atoms with Crippen molar-refractivity contribution in [2.24, 2.45) is 0 Å². The number of carbonyl (C=O) groups is 1. The Labute approximate surface area is 165 Å². The lowest BCUT2D eigenvalue weighted by Gasteiger charge is -2.15. The van der Waals surface area contributed by atoms with Crippen molar-refractivity contribution in [3.63, 3.8) is 0 Å². The smallest absolute Gasteiger partial charge is 0.194 e. The van der Waals surface area contributed by atoms with E-state index in [1.165, 1.54) is 0 Å². The predicted octanol–water partition coefficient (Wildman–Crippen LogP) is 6.49. The van der Waals surface area contributed by atoms with Crippen molar-refractivity contribution in [2.75, 3.05) is 7.11 Å². The van der Waals surface area contributed by atoms with E-state index in [0.29, 0.717) is 0 Å². The van der Waals surface area contributed by atoms with Crippen LogP contribution in [0.2, 0.25) is 0 Å². The zero-order valence-electron chi connectivity index (χ0n) is 14.6. The van der Waals surface area contributed by atoms with Crippen LogP contribution in [0.1, 0.15) is 15.9 Å². The van der Waals surface area contributed by atoms with Gasteiger partial charge in [-0.25, -0.2) is 0 Å². The van der Waals surface area contributed by atoms with Crippen LogP contribution in [0.25, 0.3) is 33.0 Å². The van der Waals surface area contributed by atoms with Crippen molar-refractivity contribution in [3.05, 3.63) is 88.4 Å². The van der Waals surface area contributed by atoms with E-state index in [0.717, 1.165) is 54.4 Å². The molecule has 0 spiro atoms. The molecule has 0 atom stereocenters. The second-order valence-electron chi connectivity index (χ2n) is 6.64. The fraction of sp³-hybridized carbons (Fsp3) is 0.0417. The summed E-state index contributed by atoms with van der Waals surface area (Å²) >= 11 is 3.60. The first-order valence-electron chi connectivity index (χ1n) is 8.72. The highest BCUT2D eigenvalue weighted by Gasteiger charge is 2.30. The molecule has 0 unspecified atom stereocenters. The Balaban J connectivity index is 1.93. The fourth-order valence-corrected chi connectivity index (χ4v) is 4.29. The van der Waals surface area contributed by atoms with Gasteiger partial charge < -0.3 is 4.74 Å². The number of fused-ring (bicyclic) bond motifs is 4. The van der Waals surface area contributed by atoms with Crippen molar-refractivity contribution >= 4 is 32.5 Å². The molecule has 0 fully saturated rings. The van der Waals surface area contributed by atoms with Crippen molar-refractivity contribution < 1.29 is 9.53 Å². The minimum atomic E-state index is 0.0974. The maximum absolute atomic E-state index is 13.1. The molecule has 0 heterocycles. The minimum absolute atomic E-state index is 0.0974. The summed E-state index contributed by atoms with van der Waals surface area (Å²) in [6.45, 7) is 0. The summed E-state index contributed by atoms with van der Waals surface area (Å²) in [6, 6.07) is 24.1. The summed E-state index contributed by atoms with van der Waals surface area (Å²) in [6.07, 6.45) is 0. The van der Waals surface area contributed by atoms with E-state index in [2.05, 4.69) is 40.2 Å². The Bertz CT molecular complexity index is 1220. The van der Waals surface area contributed by atoms with Crippen LogP contribution in [-0.4, -0.2) is 12.9 Å². The normalized spacial score (nSPS) is 12.1. The highest BCUT2D eigenvalue weighted by Crippen LogP contribution is 2.47. The standard InChI is InChI=1S/C24H15BrO2/c1-27-17-10-7-14(8-11-17)22-20-13-16(25)9-6-15(20)12-21-23(22)18-4-2-3-5-19(18)24(21)26/h2-13H,1H3. The van der Waals surface area contributed by atoms with Crippen LogP contribution in [0.15, 0.2) is 77.3 Å². The molecule has 27 heavy (non-hydrogen) atoms. The molecule has 0 amide bonds. The van der Waals surface area contributed by atoms with Gasteiger partial charge >= 0.3 is 0 Å². The fourth-order valence-electron chi connectivity index (χ4n) is 3.93. The van der Waals surface area contributed by atoms with Gasteiger partial charge in [0.25, 0.3) is 0 Å². The van der Waals surface area contributed by atoms with E-state index in [4.69, 9.17) is 4.74 Å². The third-order valence-corrected chi connectivity index (χ3v) is 5.66. The quantitative estimate of drug-likeness (QED) is 0.330. The van der Waals surface area contributed by atoms with Gasteiger partial charge in [0.2, 0.25) is 0 Å². The number of benzene rings is 4. The second-order valence-corrected chi connectivity index (χ2v) is 7.56. The van der Waals surface area contributed by atoms with Gasteiger partial charge in [0.05, 0.1) is 7.11 Å². The predicted molar refractivity (Wildman–Crippen MR) is 113 cm³/mol. The Morgan fingerprint density at radius 3 is 2.26 bits per heavy atom. The van der Waals surface area contributed by atoms with Crippen LogP contribution >= 0.6 is 15.9 Å². The van der Waals surface area contributed by atoms with E-state index in [-0.39, 0.29) is 5.78 Å². The van der Waals surface area contributed by atoms with E-state index in [1.54, 1.807) is 7.11 Å². The summed E-state index contributed by atoms with van der Waals surface area (Å²) in [5.74, 6) is 0.911. The summed E-state index contributed by atoms with van der Waals surface area (Å²) in [5, 5.41) is 2.18. The number of hydrogen-bond acceptors (Lipinski definition) is 2. The summed E-state index contributed by atoms with van der Waals surface area (Å²) in [5.41, 5.74) is 5.73. The van der Waals surface area contributed by atoms with E-state index < -0.39 is 0 Å². The van der Waals surface area contributed by atoms with Gasteiger partial charge in [0.15, 0.2) is 5.78 Å². The lowest BCUT2D eigenvalue weighted by Crippen LogP contribution is -1.96. The molecule has 0 radical (unpaired) electrons. The molecule has 5 rings (SSSR count). The molecule has 1 aliphatic rings.